The Morgan fingerprint density at radius 3 is 2.37 bits per heavy atom. The molecule has 0 amide bonds. The van der Waals surface area contributed by atoms with Gasteiger partial charge in [0.05, 0.1) is 4.90 Å². The van der Waals surface area contributed by atoms with E-state index in [2.05, 4.69) is 0 Å². The molecule has 0 aromatic heterocycles. The Balaban J connectivity index is 3.22. The predicted molar refractivity (Wildman–Crippen MR) is 80.3 cm³/mol. The Morgan fingerprint density at radius 1 is 1.32 bits per heavy atom. The van der Waals surface area contributed by atoms with E-state index in [0.717, 1.165) is 12.0 Å². The van der Waals surface area contributed by atoms with Crippen molar-refractivity contribution in [2.75, 3.05) is 6.54 Å². The fourth-order valence-electron chi connectivity index (χ4n) is 1.81. The van der Waals surface area contributed by atoms with Crippen molar-refractivity contribution < 1.29 is 8.42 Å². The van der Waals surface area contributed by atoms with Crippen LogP contribution in [-0.2, 0) is 15.9 Å². The number of halogens is 2. The third kappa shape index (κ3) is 3.85. The van der Waals surface area contributed by atoms with Gasteiger partial charge in [-0.3, -0.25) is 0 Å². The molecular formula is C13H19Cl2NO2S. The lowest BCUT2D eigenvalue weighted by Crippen LogP contribution is -2.37. The molecule has 0 heterocycles. The van der Waals surface area contributed by atoms with Crippen LogP contribution in [0, 0.1) is 0 Å². The third-order valence-corrected chi connectivity index (χ3v) is 5.51. The maximum atomic E-state index is 12.5. The number of benzene rings is 1. The summed E-state index contributed by atoms with van der Waals surface area (Å²) in [5.41, 5.74) is 0.730. The zero-order valence-corrected chi connectivity index (χ0v) is 13.7. The van der Waals surface area contributed by atoms with Crippen molar-refractivity contribution in [3.63, 3.8) is 0 Å². The molecule has 0 aliphatic heterocycles. The lowest BCUT2D eigenvalue weighted by molar-refractivity contribution is 0.354. The average Bonchev–Trinajstić information content (AvgIpc) is 2.35. The van der Waals surface area contributed by atoms with Crippen molar-refractivity contribution in [1.82, 2.24) is 4.31 Å². The molecule has 1 aromatic rings. The molecule has 0 unspecified atom stereocenters. The minimum Gasteiger partial charge on any atom is -0.207 e. The Bertz CT molecular complexity index is 529. The lowest BCUT2D eigenvalue weighted by Gasteiger charge is -2.25. The molecule has 0 atom stereocenters. The fourth-order valence-corrected chi connectivity index (χ4v) is 4.18. The topological polar surface area (TPSA) is 37.4 Å². The zero-order valence-electron chi connectivity index (χ0n) is 11.4. The highest BCUT2D eigenvalue weighted by atomic mass is 35.5. The SMILES string of the molecule is CCCN(C(C)C)S(=O)(=O)c1ccc(CCl)c(Cl)c1. The second-order valence-electron chi connectivity index (χ2n) is 4.60. The number of alkyl halides is 1. The summed E-state index contributed by atoms with van der Waals surface area (Å²) in [5.74, 6) is 0.266. The van der Waals surface area contributed by atoms with Crippen molar-refractivity contribution in [3.05, 3.63) is 28.8 Å². The maximum Gasteiger partial charge on any atom is 0.243 e. The highest BCUT2D eigenvalue weighted by Crippen LogP contribution is 2.25. The molecule has 0 fully saturated rings. The van der Waals surface area contributed by atoms with Crippen LogP contribution in [0.3, 0.4) is 0 Å². The molecule has 0 saturated carbocycles. The summed E-state index contributed by atoms with van der Waals surface area (Å²) in [6, 6.07) is 4.60. The predicted octanol–water partition coefficient (Wildman–Crippen LogP) is 3.89. The van der Waals surface area contributed by atoms with E-state index in [4.69, 9.17) is 23.2 Å². The number of hydrogen-bond donors (Lipinski definition) is 0. The van der Waals surface area contributed by atoms with Gasteiger partial charge in [0.2, 0.25) is 10.0 Å². The molecule has 0 spiro atoms. The van der Waals surface area contributed by atoms with Gasteiger partial charge in [-0.25, -0.2) is 8.42 Å². The van der Waals surface area contributed by atoms with Crippen molar-refractivity contribution in [3.8, 4) is 0 Å². The quantitative estimate of drug-likeness (QED) is 0.745. The van der Waals surface area contributed by atoms with Crippen LogP contribution in [0.15, 0.2) is 23.1 Å². The van der Waals surface area contributed by atoms with Gasteiger partial charge in [-0.05, 0) is 38.0 Å². The molecule has 0 aliphatic rings. The van der Waals surface area contributed by atoms with Crippen LogP contribution in [0.5, 0.6) is 0 Å². The first kappa shape index (κ1) is 16.8. The minimum atomic E-state index is -3.50. The summed E-state index contributed by atoms with van der Waals surface area (Å²) in [7, 11) is -3.50. The summed E-state index contributed by atoms with van der Waals surface area (Å²) < 4.78 is 26.6. The molecule has 0 radical (unpaired) electrons. The average molecular weight is 324 g/mol. The molecule has 3 nitrogen and oxygen atoms in total. The van der Waals surface area contributed by atoms with Gasteiger partial charge < -0.3 is 0 Å². The first-order chi connectivity index (χ1) is 8.84. The van der Waals surface area contributed by atoms with Gasteiger partial charge in [-0.2, -0.15) is 4.31 Å². The highest BCUT2D eigenvalue weighted by molar-refractivity contribution is 7.89. The van der Waals surface area contributed by atoms with Crippen LogP contribution < -0.4 is 0 Å². The van der Waals surface area contributed by atoms with Crippen molar-refractivity contribution in [2.45, 2.75) is 44.0 Å². The summed E-state index contributed by atoms with van der Waals surface area (Å²) in [4.78, 5) is 0.216. The van der Waals surface area contributed by atoms with E-state index in [-0.39, 0.29) is 16.8 Å². The Hall–Kier alpha value is -0.290. The molecule has 0 N–H and O–H groups in total. The van der Waals surface area contributed by atoms with Crippen LogP contribution in [0.1, 0.15) is 32.8 Å². The van der Waals surface area contributed by atoms with E-state index in [1.807, 2.05) is 20.8 Å². The Kier molecular flexibility index (Phi) is 6.12. The maximum absolute atomic E-state index is 12.5. The van der Waals surface area contributed by atoms with Gasteiger partial charge in [0, 0.05) is 23.5 Å². The van der Waals surface area contributed by atoms with Crippen LogP contribution in [-0.4, -0.2) is 25.3 Å². The monoisotopic (exact) mass is 323 g/mol. The van der Waals surface area contributed by atoms with E-state index in [0.29, 0.717) is 11.6 Å². The fraction of sp³-hybridized carbons (Fsp3) is 0.538. The van der Waals surface area contributed by atoms with Crippen molar-refractivity contribution >= 4 is 33.2 Å². The summed E-state index contributed by atoms with van der Waals surface area (Å²) in [6.07, 6.45) is 0.769. The van der Waals surface area contributed by atoms with Crippen LogP contribution in [0.4, 0.5) is 0 Å². The van der Waals surface area contributed by atoms with Crippen LogP contribution in [0.2, 0.25) is 5.02 Å². The molecule has 0 bridgehead atoms. The molecule has 108 valence electrons. The number of sulfonamides is 1. The minimum absolute atomic E-state index is 0.0866. The molecule has 1 rings (SSSR count). The van der Waals surface area contributed by atoms with E-state index in [9.17, 15) is 8.42 Å². The summed E-state index contributed by atoms with van der Waals surface area (Å²) in [6.45, 7) is 6.17. The lowest BCUT2D eigenvalue weighted by atomic mass is 10.2. The van der Waals surface area contributed by atoms with E-state index in [1.165, 1.54) is 10.4 Å². The largest absolute Gasteiger partial charge is 0.243 e. The second-order valence-corrected chi connectivity index (χ2v) is 7.16. The normalized spacial score (nSPS) is 12.4. The molecule has 0 aliphatic carbocycles. The zero-order chi connectivity index (χ0) is 14.6. The van der Waals surface area contributed by atoms with Gasteiger partial charge >= 0.3 is 0 Å². The van der Waals surface area contributed by atoms with Crippen LogP contribution in [0.25, 0.3) is 0 Å². The Labute approximate surface area is 125 Å². The summed E-state index contributed by atoms with van der Waals surface area (Å²) in [5, 5.41) is 0.385. The van der Waals surface area contributed by atoms with Gasteiger partial charge in [-0.1, -0.05) is 24.6 Å². The molecule has 19 heavy (non-hydrogen) atoms. The van der Waals surface area contributed by atoms with Gasteiger partial charge in [0.25, 0.3) is 0 Å². The molecular weight excluding hydrogens is 305 g/mol. The van der Waals surface area contributed by atoms with Gasteiger partial charge in [-0.15, -0.1) is 11.6 Å². The number of hydrogen-bond acceptors (Lipinski definition) is 2. The van der Waals surface area contributed by atoms with Gasteiger partial charge in [0.1, 0.15) is 0 Å². The highest BCUT2D eigenvalue weighted by Gasteiger charge is 2.26. The van der Waals surface area contributed by atoms with E-state index in [1.54, 1.807) is 12.1 Å². The van der Waals surface area contributed by atoms with Crippen molar-refractivity contribution in [2.24, 2.45) is 0 Å². The third-order valence-electron chi connectivity index (χ3n) is 2.80. The molecule has 0 saturated heterocycles. The van der Waals surface area contributed by atoms with E-state index >= 15 is 0 Å². The molecule has 1 aromatic carbocycles. The van der Waals surface area contributed by atoms with Gasteiger partial charge in [0.15, 0.2) is 0 Å². The molecule has 6 heteroatoms. The smallest absolute Gasteiger partial charge is 0.207 e. The Morgan fingerprint density at radius 2 is 1.95 bits per heavy atom. The first-order valence-corrected chi connectivity index (χ1v) is 8.56. The summed E-state index contributed by atoms with van der Waals surface area (Å²) >= 11 is 11.7. The number of rotatable bonds is 6. The van der Waals surface area contributed by atoms with Crippen LogP contribution >= 0.6 is 23.2 Å². The standard InChI is InChI=1S/C13H19Cl2NO2S/c1-4-7-16(10(2)3)19(17,18)12-6-5-11(9-14)13(15)8-12/h5-6,8,10H,4,7,9H2,1-3H3. The first-order valence-electron chi connectivity index (χ1n) is 6.20. The second kappa shape index (κ2) is 6.93. The van der Waals surface area contributed by atoms with Crippen molar-refractivity contribution in [1.29, 1.82) is 0 Å². The van der Waals surface area contributed by atoms with E-state index < -0.39 is 10.0 Å². The number of nitrogens with zero attached hydrogens (tertiary/aromatic N) is 1.